The number of non-ortho nitro benzene ring substituents is 1. The molecule has 0 saturated carbocycles. The zero-order chi connectivity index (χ0) is 15.7. The quantitative estimate of drug-likeness (QED) is 0.666. The van der Waals surface area contributed by atoms with Crippen molar-refractivity contribution in [3.8, 4) is 0 Å². The van der Waals surface area contributed by atoms with E-state index in [0.717, 1.165) is 12.1 Å². The van der Waals surface area contributed by atoms with Crippen LogP contribution < -0.4 is 5.73 Å². The number of nitro benzene ring substituents is 1. The predicted octanol–water partition coefficient (Wildman–Crippen LogP) is 1.13. The molecule has 2 N–H and O–H groups in total. The molecule has 0 radical (unpaired) electrons. The van der Waals surface area contributed by atoms with Gasteiger partial charge in [0.2, 0.25) is 5.91 Å². The topological polar surface area (TPSA) is 107 Å². The van der Waals surface area contributed by atoms with Crippen molar-refractivity contribution in [2.45, 2.75) is 25.8 Å². The van der Waals surface area contributed by atoms with Crippen molar-refractivity contribution >= 4 is 17.5 Å². The molecular weight excluding hydrogens is 281 g/mol. The van der Waals surface area contributed by atoms with Crippen LogP contribution in [0.5, 0.6) is 0 Å². The van der Waals surface area contributed by atoms with Crippen LogP contribution in [-0.2, 0) is 4.79 Å². The first kappa shape index (κ1) is 14.9. The SMILES string of the molecule is Cc1cc([N+](=O)[O-])cc(C(=O)N2CCCC2C(N)=O)c1F. The highest BCUT2D eigenvalue weighted by Gasteiger charge is 2.35. The van der Waals surface area contributed by atoms with Crippen molar-refractivity contribution < 1.29 is 18.9 Å². The summed E-state index contributed by atoms with van der Waals surface area (Å²) >= 11 is 0. The van der Waals surface area contributed by atoms with Gasteiger partial charge in [-0.05, 0) is 25.3 Å². The lowest BCUT2D eigenvalue weighted by atomic mass is 10.1. The number of rotatable bonds is 3. The van der Waals surface area contributed by atoms with Crippen LogP contribution in [0.4, 0.5) is 10.1 Å². The van der Waals surface area contributed by atoms with Crippen LogP contribution in [0.25, 0.3) is 0 Å². The number of amides is 2. The van der Waals surface area contributed by atoms with E-state index in [1.54, 1.807) is 0 Å². The monoisotopic (exact) mass is 295 g/mol. The third-order valence-corrected chi connectivity index (χ3v) is 3.52. The fourth-order valence-electron chi connectivity index (χ4n) is 2.47. The average Bonchev–Trinajstić information content (AvgIpc) is 2.90. The third kappa shape index (κ3) is 2.69. The highest BCUT2D eigenvalue weighted by Crippen LogP contribution is 2.25. The Morgan fingerprint density at radius 2 is 2.14 bits per heavy atom. The maximum absolute atomic E-state index is 14.1. The minimum absolute atomic E-state index is 0.00220. The van der Waals surface area contributed by atoms with Gasteiger partial charge in [-0.1, -0.05) is 0 Å². The number of benzene rings is 1. The Morgan fingerprint density at radius 1 is 1.48 bits per heavy atom. The van der Waals surface area contributed by atoms with Gasteiger partial charge >= 0.3 is 0 Å². The molecule has 0 spiro atoms. The van der Waals surface area contributed by atoms with Gasteiger partial charge in [-0.15, -0.1) is 0 Å². The molecule has 8 heteroatoms. The largest absolute Gasteiger partial charge is 0.368 e. The predicted molar refractivity (Wildman–Crippen MR) is 71.0 cm³/mol. The van der Waals surface area contributed by atoms with Crippen molar-refractivity contribution in [2.75, 3.05) is 6.54 Å². The Morgan fingerprint density at radius 3 is 2.71 bits per heavy atom. The van der Waals surface area contributed by atoms with Gasteiger partial charge < -0.3 is 10.6 Å². The molecule has 1 atom stereocenters. The highest BCUT2D eigenvalue weighted by atomic mass is 19.1. The summed E-state index contributed by atoms with van der Waals surface area (Å²) < 4.78 is 14.1. The Labute approximate surface area is 119 Å². The normalized spacial score (nSPS) is 17.8. The number of nitro groups is 1. The second-order valence-corrected chi connectivity index (χ2v) is 4.94. The van der Waals surface area contributed by atoms with E-state index in [1.165, 1.54) is 11.8 Å². The third-order valence-electron chi connectivity index (χ3n) is 3.52. The number of aryl methyl sites for hydroxylation is 1. The second kappa shape index (κ2) is 5.47. The minimum atomic E-state index is -0.819. The average molecular weight is 295 g/mol. The molecule has 1 heterocycles. The lowest BCUT2D eigenvalue weighted by molar-refractivity contribution is -0.385. The molecule has 1 aliphatic heterocycles. The molecule has 21 heavy (non-hydrogen) atoms. The number of primary amides is 1. The van der Waals surface area contributed by atoms with Crippen molar-refractivity contribution in [2.24, 2.45) is 5.73 Å². The lowest BCUT2D eigenvalue weighted by Crippen LogP contribution is -2.44. The molecule has 112 valence electrons. The van der Waals surface area contributed by atoms with Crippen LogP contribution in [0.3, 0.4) is 0 Å². The highest BCUT2D eigenvalue weighted by molar-refractivity contribution is 5.98. The first-order chi connectivity index (χ1) is 9.82. The van der Waals surface area contributed by atoms with Gasteiger partial charge in [-0.2, -0.15) is 0 Å². The Hall–Kier alpha value is -2.51. The van der Waals surface area contributed by atoms with Crippen molar-refractivity contribution in [1.29, 1.82) is 0 Å². The summed E-state index contributed by atoms with van der Waals surface area (Å²) in [6.45, 7) is 1.61. The molecule has 1 aliphatic rings. The van der Waals surface area contributed by atoms with Gasteiger partial charge in [0, 0.05) is 18.7 Å². The number of likely N-dealkylation sites (tertiary alicyclic amines) is 1. The lowest BCUT2D eigenvalue weighted by Gasteiger charge is -2.22. The Bertz CT molecular complexity index is 632. The van der Waals surface area contributed by atoms with Crippen LogP contribution >= 0.6 is 0 Å². The maximum Gasteiger partial charge on any atom is 0.270 e. The van der Waals surface area contributed by atoms with E-state index in [2.05, 4.69) is 0 Å². The van der Waals surface area contributed by atoms with Gasteiger partial charge in [0.1, 0.15) is 11.9 Å². The van der Waals surface area contributed by atoms with Gasteiger partial charge in [0.05, 0.1) is 10.5 Å². The number of carbonyl (C=O) groups is 2. The van der Waals surface area contributed by atoms with Gasteiger partial charge in [0.25, 0.3) is 11.6 Å². The summed E-state index contributed by atoms with van der Waals surface area (Å²) in [6.07, 6.45) is 0.992. The summed E-state index contributed by atoms with van der Waals surface area (Å²) in [5, 5.41) is 10.8. The maximum atomic E-state index is 14.1. The summed E-state index contributed by atoms with van der Waals surface area (Å²) in [4.78, 5) is 35.0. The second-order valence-electron chi connectivity index (χ2n) is 4.94. The van der Waals surface area contributed by atoms with E-state index >= 15 is 0 Å². The number of halogens is 1. The summed E-state index contributed by atoms with van der Waals surface area (Å²) in [5.41, 5.74) is 4.44. The van der Waals surface area contributed by atoms with E-state index in [9.17, 15) is 24.1 Å². The molecule has 0 aromatic heterocycles. The number of hydrogen-bond acceptors (Lipinski definition) is 4. The molecule has 2 amide bonds. The first-order valence-electron chi connectivity index (χ1n) is 6.37. The van der Waals surface area contributed by atoms with E-state index in [4.69, 9.17) is 5.73 Å². The van der Waals surface area contributed by atoms with E-state index in [1.807, 2.05) is 0 Å². The Kier molecular flexibility index (Phi) is 3.88. The molecule has 7 nitrogen and oxygen atoms in total. The standard InChI is InChI=1S/C13H14FN3O4/c1-7-5-8(17(20)21)6-9(11(7)14)13(19)16-4-2-3-10(16)12(15)18/h5-6,10H,2-4H2,1H3,(H2,15,18). The zero-order valence-corrected chi connectivity index (χ0v) is 11.3. The van der Waals surface area contributed by atoms with Gasteiger partial charge in [0.15, 0.2) is 0 Å². The Balaban J connectivity index is 2.43. The first-order valence-corrected chi connectivity index (χ1v) is 6.37. The zero-order valence-electron chi connectivity index (χ0n) is 11.3. The van der Waals surface area contributed by atoms with E-state index in [0.29, 0.717) is 12.8 Å². The molecule has 1 unspecified atom stereocenters. The molecule has 0 bridgehead atoms. The van der Waals surface area contributed by atoms with Crippen molar-refractivity contribution in [1.82, 2.24) is 4.90 Å². The van der Waals surface area contributed by atoms with Crippen molar-refractivity contribution in [3.05, 3.63) is 39.2 Å². The fraction of sp³-hybridized carbons (Fsp3) is 0.385. The van der Waals surface area contributed by atoms with Crippen LogP contribution in [0.1, 0.15) is 28.8 Å². The van der Waals surface area contributed by atoms with Gasteiger partial charge in [-0.3, -0.25) is 19.7 Å². The van der Waals surface area contributed by atoms with E-state index in [-0.39, 0.29) is 17.8 Å². The minimum Gasteiger partial charge on any atom is -0.368 e. The number of nitrogens with zero attached hydrogens (tertiary/aromatic N) is 2. The number of hydrogen-bond donors (Lipinski definition) is 1. The molecule has 0 aliphatic carbocycles. The van der Waals surface area contributed by atoms with Crippen molar-refractivity contribution in [3.63, 3.8) is 0 Å². The van der Waals surface area contributed by atoms with Crippen LogP contribution in [0.15, 0.2) is 12.1 Å². The number of carbonyl (C=O) groups excluding carboxylic acids is 2. The fourth-order valence-corrected chi connectivity index (χ4v) is 2.47. The molecular formula is C13H14FN3O4. The summed E-state index contributed by atoms with van der Waals surface area (Å²) in [7, 11) is 0. The molecule has 1 aromatic carbocycles. The molecule has 1 fully saturated rings. The molecule has 2 rings (SSSR count). The van der Waals surface area contributed by atoms with Crippen LogP contribution in [-0.4, -0.2) is 34.2 Å². The summed E-state index contributed by atoms with van der Waals surface area (Å²) in [6, 6.07) is 1.15. The van der Waals surface area contributed by atoms with E-state index < -0.39 is 34.2 Å². The smallest absolute Gasteiger partial charge is 0.270 e. The molecule has 1 aromatic rings. The van der Waals surface area contributed by atoms with Crippen LogP contribution in [0, 0.1) is 22.9 Å². The molecule has 1 saturated heterocycles. The number of nitrogens with two attached hydrogens (primary N) is 1. The summed E-state index contributed by atoms with van der Waals surface area (Å²) in [5.74, 6) is -2.23. The van der Waals surface area contributed by atoms with Crippen LogP contribution in [0.2, 0.25) is 0 Å². The van der Waals surface area contributed by atoms with Gasteiger partial charge in [-0.25, -0.2) is 4.39 Å².